The van der Waals surface area contributed by atoms with E-state index in [1.54, 1.807) is 24.3 Å². The lowest BCUT2D eigenvalue weighted by molar-refractivity contribution is 0.0598. The first-order valence-corrected chi connectivity index (χ1v) is 7.38. The number of anilines is 1. The van der Waals surface area contributed by atoms with Crippen LogP contribution in [0.5, 0.6) is 0 Å². The van der Waals surface area contributed by atoms with Gasteiger partial charge < -0.3 is 5.73 Å². The third-order valence-corrected chi connectivity index (χ3v) is 4.21. The lowest BCUT2D eigenvalue weighted by Crippen LogP contribution is -2.39. The minimum absolute atomic E-state index is 0.263. The van der Waals surface area contributed by atoms with Gasteiger partial charge in [0.25, 0.3) is 11.8 Å². The Morgan fingerprint density at radius 2 is 1.48 bits per heavy atom. The summed E-state index contributed by atoms with van der Waals surface area (Å²) in [7, 11) is 0. The molecule has 4 heteroatoms. The van der Waals surface area contributed by atoms with Gasteiger partial charge in [-0.15, -0.1) is 0 Å². The van der Waals surface area contributed by atoms with Crippen molar-refractivity contribution in [3.05, 3.63) is 77.4 Å². The molecule has 112 valence electrons. The molecule has 2 N–H and O–H groups in total. The van der Waals surface area contributed by atoms with Crippen LogP contribution in [0.1, 0.15) is 26.3 Å². The van der Waals surface area contributed by atoms with Crippen LogP contribution in [0.4, 0.5) is 5.69 Å². The highest BCUT2D eigenvalue weighted by molar-refractivity contribution is 6.26. The van der Waals surface area contributed by atoms with Crippen LogP contribution in [0.25, 0.3) is 10.8 Å². The maximum absolute atomic E-state index is 12.8. The Labute approximate surface area is 133 Å². The molecule has 0 aromatic heterocycles. The van der Waals surface area contributed by atoms with E-state index in [0.29, 0.717) is 22.2 Å². The van der Waals surface area contributed by atoms with Crippen molar-refractivity contribution in [3.63, 3.8) is 0 Å². The topological polar surface area (TPSA) is 63.4 Å². The number of carbonyl (C=O) groups excluding carboxylic acids is 2. The lowest BCUT2D eigenvalue weighted by Gasteiger charge is -2.27. The monoisotopic (exact) mass is 302 g/mol. The SMILES string of the molecule is Nc1ccc2c3c(cccc13)C(=O)N(Cc1ccccc1)C2=O. The molecule has 4 rings (SSSR count). The Hall–Kier alpha value is -3.14. The van der Waals surface area contributed by atoms with E-state index in [1.165, 1.54) is 4.90 Å². The molecule has 0 saturated heterocycles. The first-order valence-electron chi connectivity index (χ1n) is 7.38. The van der Waals surface area contributed by atoms with E-state index in [1.807, 2.05) is 36.4 Å². The third-order valence-electron chi connectivity index (χ3n) is 4.21. The molecule has 2 amide bonds. The third kappa shape index (κ3) is 1.99. The summed E-state index contributed by atoms with van der Waals surface area (Å²) in [4.78, 5) is 26.9. The lowest BCUT2D eigenvalue weighted by atomic mass is 9.93. The van der Waals surface area contributed by atoms with Crippen molar-refractivity contribution in [1.29, 1.82) is 0 Å². The van der Waals surface area contributed by atoms with E-state index in [9.17, 15) is 9.59 Å². The maximum Gasteiger partial charge on any atom is 0.261 e. The maximum atomic E-state index is 12.8. The summed E-state index contributed by atoms with van der Waals surface area (Å²) in [6.07, 6.45) is 0. The van der Waals surface area contributed by atoms with E-state index < -0.39 is 0 Å². The summed E-state index contributed by atoms with van der Waals surface area (Å²) in [5, 5.41) is 1.41. The number of hydrogen-bond donors (Lipinski definition) is 1. The molecule has 1 aliphatic heterocycles. The van der Waals surface area contributed by atoms with E-state index in [-0.39, 0.29) is 18.4 Å². The minimum atomic E-state index is -0.275. The molecule has 0 atom stereocenters. The summed E-state index contributed by atoms with van der Waals surface area (Å²) in [5.41, 5.74) is 8.53. The number of benzene rings is 3. The number of rotatable bonds is 2. The molecular formula is C19H14N2O2. The summed E-state index contributed by atoms with van der Waals surface area (Å²) >= 11 is 0. The van der Waals surface area contributed by atoms with E-state index >= 15 is 0 Å². The highest BCUT2D eigenvalue weighted by Gasteiger charge is 2.32. The summed E-state index contributed by atoms with van der Waals surface area (Å²) < 4.78 is 0. The average molecular weight is 302 g/mol. The molecule has 3 aromatic carbocycles. The van der Waals surface area contributed by atoms with Gasteiger partial charge >= 0.3 is 0 Å². The Bertz CT molecular complexity index is 926. The van der Waals surface area contributed by atoms with Gasteiger partial charge in [0.05, 0.1) is 6.54 Å². The van der Waals surface area contributed by atoms with Crippen LogP contribution < -0.4 is 5.73 Å². The number of nitrogens with two attached hydrogens (primary N) is 1. The second kappa shape index (κ2) is 4.95. The first kappa shape index (κ1) is 13.5. The highest BCUT2D eigenvalue weighted by atomic mass is 16.2. The van der Waals surface area contributed by atoms with Gasteiger partial charge in [-0.2, -0.15) is 0 Å². The van der Waals surface area contributed by atoms with Crippen LogP contribution in [0, 0.1) is 0 Å². The summed E-state index contributed by atoms with van der Waals surface area (Å²) in [6, 6.07) is 18.3. The van der Waals surface area contributed by atoms with Crippen molar-refractivity contribution in [2.75, 3.05) is 5.73 Å². The molecule has 1 aliphatic rings. The predicted octanol–water partition coefficient (Wildman–Crippen LogP) is 3.22. The van der Waals surface area contributed by atoms with Gasteiger partial charge in [-0.25, -0.2) is 0 Å². The van der Waals surface area contributed by atoms with Crippen molar-refractivity contribution in [1.82, 2.24) is 4.90 Å². The zero-order chi connectivity index (χ0) is 16.0. The average Bonchev–Trinajstić information content (AvgIpc) is 2.59. The van der Waals surface area contributed by atoms with Crippen LogP contribution in [0.2, 0.25) is 0 Å². The molecule has 0 radical (unpaired) electrons. The van der Waals surface area contributed by atoms with Crippen LogP contribution >= 0.6 is 0 Å². The molecule has 0 fully saturated rings. The van der Waals surface area contributed by atoms with Crippen LogP contribution in [0.3, 0.4) is 0 Å². The van der Waals surface area contributed by atoms with Gasteiger partial charge in [-0.3, -0.25) is 14.5 Å². The molecule has 1 heterocycles. The fraction of sp³-hybridized carbons (Fsp3) is 0.0526. The molecule has 23 heavy (non-hydrogen) atoms. The van der Waals surface area contributed by atoms with Crippen molar-refractivity contribution in [2.24, 2.45) is 0 Å². The van der Waals surface area contributed by atoms with Crippen molar-refractivity contribution >= 4 is 28.3 Å². The van der Waals surface area contributed by atoms with Crippen LogP contribution in [0.15, 0.2) is 60.7 Å². The number of imide groups is 1. The molecular weight excluding hydrogens is 288 g/mol. The number of nitrogen functional groups attached to an aromatic ring is 1. The fourth-order valence-corrected chi connectivity index (χ4v) is 3.08. The smallest absolute Gasteiger partial charge is 0.261 e. The highest BCUT2D eigenvalue weighted by Crippen LogP contribution is 2.33. The molecule has 0 spiro atoms. The second-order valence-electron chi connectivity index (χ2n) is 5.61. The summed E-state index contributed by atoms with van der Waals surface area (Å²) in [6.45, 7) is 0.263. The van der Waals surface area contributed by atoms with Crippen LogP contribution in [-0.2, 0) is 6.54 Å². The standard InChI is InChI=1S/C19H14N2O2/c20-16-10-9-15-17-13(16)7-4-8-14(17)18(22)21(19(15)23)11-12-5-2-1-3-6-12/h1-10H,11,20H2. The van der Waals surface area contributed by atoms with Gasteiger partial charge in [-0.1, -0.05) is 42.5 Å². The zero-order valence-electron chi connectivity index (χ0n) is 12.3. The molecule has 3 aromatic rings. The van der Waals surface area contributed by atoms with Crippen molar-refractivity contribution in [2.45, 2.75) is 6.54 Å². The van der Waals surface area contributed by atoms with Crippen LogP contribution in [-0.4, -0.2) is 16.7 Å². The fourth-order valence-electron chi connectivity index (χ4n) is 3.08. The predicted molar refractivity (Wildman–Crippen MR) is 89.0 cm³/mol. The normalized spacial score (nSPS) is 13.7. The van der Waals surface area contributed by atoms with Crippen molar-refractivity contribution in [3.8, 4) is 0 Å². The van der Waals surface area contributed by atoms with Crippen molar-refractivity contribution < 1.29 is 9.59 Å². The van der Waals surface area contributed by atoms with Gasteiger partial charge in [-0.05, 0) is 23.8 Å². The quantitative estimate of drug-likeness (QED) is 0.584. The number of amides is 2. The molecule has 4 nitrogen and oxygen atoms in total. The number of nitrogens with zero attached hydrogens (tertiary/aromatic N) is 1. The summed E-state index contributed by atoms with van der Waals surface area (Å²) in [5.74, 6) is -0.551. The number of hydrogen-bond acceptors (Lipinski definition) is 3. The van der Waals surface area contributed by atoms with E-state index in [2.05, 4.69) is 0 Å². The van der Waals surface area contributed by atoms with Gasteiger partial charge in [0.1, 0.15) is 0 Å². The Morgan fingerprint density at radius 1 is 0.783 bits per heavy atom. The van der Waals surface area contributed by atoms with E-state index in [0.717, 1.165) is 10.9 Å². The van der Waals surface area contributed by atoms with Gasteiger partial charge in [0, 0.05) is 27.6 Å². The zero-order valence-corrected chi connectivity index (χ0v) is 12.3. The minimum Gasteiger partial charge on any atom is -0.398 e. The molecule has 0 unspecified atom stereocenters. The molecule has 0 bridgehead atoms. The largest absolute Gasteiger partial charge is 0.398 e. The van der Waals surface area contributed by atoms with Gasteiger partial charge in [0.2, 0.25) is 0 Å². The molecule has 0 saturated carbocycles. The van der Waals surface area contributed by atoms with E-state index in [4.69, 9.17) is 5.73 Å². The Morgan fingerprint density at radius 3 is 2.22 bits per heavy atom. The Kier molecular flexibility index (Phi) is 2.91. The second-order valence-corrected chi connectivity index (χ2v) is 5.61. The molecule has 0 aliphatic carbocycles. The first-order chi connectivity index (χ1) is 11.2. The van der Waals surface area contributed by atoms with Gasteiger partial charge in [0.15, 0.2) is 0 Å². The Balaban J connectivity index is 1.87. The number of carbonyl (C=O) groups is 2.